The van der Waals surface area contributed by atoms with Gasteiger partial charge in [0.25, 0.3) is 10.0 Å². The van der Waals surface area contributed by atoms with E-state index in [1.54, 1.807) is 24.3 Å². The fraction of sp³-hybridized carbons (Fsp3) is 0.296. The minimum absolute atomic E-state index is 0.106. The van der Waals surface area contributed by atoms with Crippen molar-refractivity contribution < 1.29 is 13.2 Å². The zero-order valence-corrected chi connectivity index (χ0v) is 20.2. The Hall–Kier alpha value is -3.12. The standard InChI is InChI=1S/C27H30N2O3S/c1-19-11-13-24(14-12-19)33(31,32)29(23-16-20(2)15-21(3)17-23)18-27(30)28-26-10-6-8-22-7-4-5-9-25(22)26/h4-5,7,9,11-17,26H,6,8,10,18H2,1-3H3,(H,28,30)/t26-/m1/s1. The van der Waals surface area contributed by atoms with Crippen LogP contribution in [0.25, 0.3) is 0 Å². The smallest absolute Gasteiger partial charge is 0.264 e. The summed E-state index contributed by atoms with van der Waals surface area (Å²) < 4.78 is 28.5. The second kappa shape index (κ2) is 9.40. The molecule has 4 rings (SSSR count). The highest BCUT2D eigenvalue weighted by atomic mass is 32.2. The summed E-state index contributed by atoms with van der Waals surface area (Å²) in [6.45, 7) is 5.48. The van der Waals surface area contributed by atoms with Gasteiger partial charge >= 0.3 is 0 Å². The first-order chi connectivity index (χ1) is 15.7. The van der Waals surface area contributed by atoms with Gasteiger partial charge in [0.15, 0.2) is 0 Å². The molecule has 0 saturated heterocycles. The molecule has 0 aromatic heterocycles. The number of fused-ring (bicyclic) bond motifs is 1. The van der Waals surface area contributed by atoms with E-state index in [0.717, 1.165) is 41.5 Å². The number of hydrogen-bond donors (Lipinski definition) is 1. The fourth-order valence-corrected chi connectivity index (χ4v) is 5.93. The Labute approximate surface area is 196 Å². The minimum atomic E-state index is -3.93. The average molecular weight is 463 g/mol. The van der Waals surface area contributed by atoms with E-state index in [2.05, 4.69) is 11.4 Å². The zero-order chi connectivity index (χ0) is 23.6. The molecule has 0 spiro atoms. The number of nitrogens with one attached hydrogen (secondary N) is 1. The summed E-state index contributed by atoms with van der Waals surface area (Å²) in [7, 11) is -3.93. The number of sulfonamides is 1. The molecule has 3 aromatic carbocycles. The third-order valence-electron chi connectivity index (χ3n) is 6.10. The van der Waals surface area contributed by atoms with Gasteiger partial charge in [-0.2, -0.15) is 0 Å². The zero-order valence-electron chi connectivity index (χ0n) is 19.3. The third-order valence-corrected chi connectivity index (χ3v) is 7.88. The molecule has 0 fully saturated rings. The van der Waals surface area contributed by atoms with Crippen LogP contribution in [0, 0.1) is 20.8 Å². The highest BCUT2D eigenvalue weighted by molar-refractivity contribution is 7.92. The quantitative estimate of drug-likeness (QED) is 0.561. The number of carbonyl (C=O) groups is 1. The second-order valence-corrected chi connectivity index (χ2v) is 10.7. The number of aryl methyl sites for hydroxylation is 4. The Morgan fingerprint density at radius 3 is 2.30 bits per heavy atom. The van der Waals surface area contributed by atoms with Crippen LogP contribution in [0.5, 0.6) is 0 Å². The van der Waals surface area contributed by atoms with E-state index in [0.29, 0.717) is 5.69 Å². The molecule has 0 saturated carbocycles. The Bertz CT molecular complexity index is 1250. The second-order valence-electron chi connectivity index (χ2n) is 8.88. The topological polar surface area (TPSA) is 66.5 Å². The lowest BCUT2D eigenvalue weighted by Gasteiger charge is -2.29. The van der Waals surface area contributed by atoms with Crippen molar-refractivity contribution in [1.29, 1.82) is 0 Å². The third kappa shape index (κ3) is 5.11. The number of rotatable bonds is 6. The number of nitrogens with zero attached hydrogens (tertiary/aromatic N) is 1. The Balaban J connectivity index is 1.65. The molecule has 1 atom stereocenters. The first-order valence-electron chi connectivity index (χ1n) is 11.3. The maximum atomic E-state index is 13.6. The Morgan fingerprint density at radius 1 is 0.939 bits per heavy atom. The van der Waals surface area contributed by atoms with E-state index < -0.39 is 10.0 Å². The van der Waals surface area contributed by atoms with Gasteiger partial charge in [0.05, 0.1) is 16.6 Å². The molecule has 0 radical (unpaired) electrons. The summed E-state index contributed by atoms with van der Waals surface area (Å²) in [5, 5.41) is 3.09. The fourth-order valence-electron chi connectivity index (χ4n) is 4.52. The number of anilines is 1. The van der Waals surface area contributed by atoms with Crippen LogP contribution >= 0.6 is 0 Å². The van der Waals surface area contributed by atoms with Gasteiger partial charge in [0.1, 0.15) is 6.54 Å². The van der Waals surface area contributed by atoms with Gasteiger partial charge in [-0.15, -0.1) is 0 Å². The van der Waals surface area contributed by atoms with Crippen LogP contribution in [0.1, 0.15) is 46.7 Å². The molecule has 0 heterocycles. The summed E-state index contributed by atoms with van der Waals surface area (Å²) in [5.41, 5.74) is 5.71. The molecule has 3 aromatic rings. The highest BCUT2D eigenvalue weighted by Crippen LogP contribution is 2.30. The van der Waals surface area contributed by atoms with Gasteiger partial charge in [0.2, 0.25) is 5.91 Å². The van der Waals surface area contributed by atoms with Crippen LogP contribution in [0.15, 0.2) is 71.6 Å². The van der Waals surface area contributed by atoms with Crippen molar-refractivity contribution in [3.63, 3.8) is 0 Å². The molecule has 1 N–H and O–H groups in total. The van der Waals surface area contributed by atoms with Gasteiger partial charge in [-0.25, -0.2) is 8.42 Å². The number of hydrogen-bond acceptors (Lipinski definition) is 3. The van der Waals surface area contributed by atoms with Gasteiger partial charge in [-0.05, 0) is 86.6 Å². The van der Waals surface area contributed by atoms with Gasteiger partial charge in [-0.3, -0.25) is 9.10 Å². The van der Waals surface area contributed by atoms with Crippen molar-refractivity contribution in [3.05, 3.63) is 94.5 Å². The summed E-state index contributed by atoms with van der Waals surface area (Å²) in [6.07, 6.45) is 2.83. The largest absolute Gasteiger partial charge is 0.348 e. The lowest BCUT2D eigenvalue weighted by molar-refractivity contribution is -0.120. The molecular weight excluding hydrogens is 432 g/mol. The summed E-state index contributed by atoms with van der Waals surface area (Å²) >= 11 is 0. The van der Waals surface area contributed by atoms with Crippen molar-refractivity contribution in [1.82, 2.24) is 5.32 Å². The van der Waals surface area contributed by atoms with E-state index in [-0.39, 0.29) is 23.4 Å². The van der Waals surface area contributed by atoms with E-state index in [1.165, 1.54) is 9.87 Å². The van der Waals surface area contributed by atoms with Crippen molar-refractivity contribution in [2.75, 3.05) is 10.8 Å². The lowest BCUT2D eigenvalue weighted by Crippen LogP contribution is -2.42. The first kappa shape index (κ1) is 23.1. The molecular formula is C27H30N2O3S. The molecule has 1 amide bonds. The molecule has 1 aliphatic carbocycles. The van der Waals surface area contributed by atoms with Crippen LogP contribution in [0.3, 0.4) is 0 Å². The maximum Gasteiger partial charge on any atom is 0.264 e. The predicted molar refractivity (Wildman–Crippen MR) is 132 cm³/mol. The van der Waals surface area contributed by atoms with Gasteiger partial charge in [0, 0.05) is 0 Å². The minimum Gasteiger partial charge on any atom is -0.348 e. The van der Waals surface area contributed by atoms with Crippen LogP contribution in [0.4, 0.5) is 5.69 Å². The summed E-state index contributed by atoms with van der Waals surface area (Å²) in [4.78, 5) is 13.4. The molecule has 0 bridgehead atoms. The van der Waals surface area contributed by atoms with Crippen LogP contribution < -0.4 is 9.62 Å². The highest BCUT2D eigenvalue weighted by Gasteiger charge is 2.29. The summed E-state index contributed by atoms with van der Waals surface area (Å²) in [6, 6.07) is 20.4. The van der Waals surface area contributed by atoms with Crippen LogP contribution in [0.2, 0.25) is 0 Å². The SMILES string of the molecule is Cc1ccc(S(=O)(=O)N(CC(=O)N[C@@H]2CCCc3ccccc32)c2cc(C)cc(C)c2)cc1. The normalized spacial score (nSPS) is 15.5. The van der Waals surface area contributed by atoms with Gasteiger partial charge in [-0.1, -0.05) is 48.0 Å². The van der Waals surface area contributed by atoms with E-state index in [9.17, 15) is 13.2 Å². The maximum absolute atomic E-state index is 13.6. The first-order valence-corrected chi connectivity index (χ1v) is 12.7. The summed E-state index contributed by atoms with van der Waals surface area (Å²) in [5.74, 6) is -0.313. The van der Waals surface area contributed by atoms with E-state index >= 15 is 0 Å². The molecule has 0 aliphatic heterocycles. The van der Waals surface area contributed by atoms with Crippen LogP contribution in [-0.2, 0) is 21.2 Å². The number of amides is 1. The van der Waals surface area contributed by atoms with Crippen LogP contribution in [-0.4, -0.2) is 20.9 Å². The number of benzene rings is 3. The molecule has 5 nitrogen and oxygen atoms in total. The Kier molecular flexibility index (Phi) is 6.56. The average Bonchev–Trinajstić information content (AvgIpc) is 2.77. The predicted octanol–water partition coefficient (Wildman–Crippen LogP) is 5.00. The molecule has 172 valence electrons. The Morgan fingerprint density at radius 2 is 1.61 bits per heavy atom. The molecule has 6 heteroatoms. The van der Waals surface area contributed by atoms with E-state index in [4.69, 9.17) is 0 Å². The molecule has 0 unspecified atom stereocenters. The number of carbonyl (C=O) groups excluding carboxylic acids is 1. The van der Waals surface area contributed by atoms with Gasteiger partial charge < -0.3 is 5.32 Å². The monoisotopic (exact) mass is 462 g/mol. The lowest BCUT2D eigenvalue weighted by atomic mass is 9.88. The molecule has 33 heavy (non-hydrogen) atoms. The van der Waals surface area contributed by atoms with Crippen molar-refractivity contribution in [2.24, 2.45) is 0 Å². The van der Waals surface area contributed by atoms with Crippen molar-refractivity contribution in [2.45, 2.75) is 51.0 Å². The van der Waals surface area contributed by atoms with E-state index in [1.807, 2.05) is 57.2 Å². The molecule has 1 aliphatic rings. The van der Waals surface area contributed by atoms with Crippen molar-refractivity contribution >= 4 is 21.6 Å². The van der Waals surface area contributed by atoms with Crippen molar-refractivity contribution in [3.8, 4) is 0 Å².